The molecule has 0 N–H and O–H groups in total. The summed E-state index contributed by atoms with van der Waals surface area (Å²) >= 11 is 3.55. The van der Waals surface area contributed by atoms with Crippen LogP contribution in [0.5, 0.6) is 0 Å². The highest BCUT2D eigenvalue weighted by atomic mass is 79.9. The second-order valence-electron chi connectivity index (χ2n) is 6.21. The van der Waals surface area contributed by atoms with Crippen LogP contribution in [0.1, 0.15) is 38.8 Å². The van der Waals surface area contributed by atoms with Gasteiger partial charge in [-0.2, -0.15) is 0 Å². The van der Waals surface area contributed by atoms with Crippen molar-refractivity contribution >= 4 is 28.5 Å². The van der Waals surface area contributed by atoms with Crippen LogP contribution in [-0.4, -0.2) is 18.3 Å². The van der Waals surface area contributed by atoms with E-state index in [1.165, 1.54) is 11.1 Å². The van der Waals surface area contributed by atoms with Gasteiger partial charge in [-0.1, -0.05) is 15.9 Å². The van der Waals surface area contributed by atoms with Crippen LogP contribution in [0.2, 0.25) is 0 Å². The minimum absolute atomic E-state index is 0.313. The second-order valence-corrected chi connectivity index (χ2v) is 7.13. The van der Waals surface area contributed by atoms with Gasteiger partial charge in [-0.25, -0.2) is 0 Å². The highest BCUT2D eigenvalue weighted by Crippen LogP contribution is 2.37. The molecule has 1 saturated heterocycles. The van der Waals surface area contributed by atoms with Crippen molar-refractivity contribution in [3.05, 3.63) is 27.7 Å². The van der Waals surface area contributed by atoms with Crippen molar-refractivity contribution in [3.63, 3.8) is 0 Å². The molecule has 0 bridgehead atoms. The van der Waals surface area contributed by atoms with Crippen molar-refractivity contribution in [2.75, 3.05) is 0 Å². The summed E-state index contributed by atoms with van der Waals surface area (Å²) in [6.45, 7) is 9.59. The fraction of sp³-hybridized carbons (Fsp3) is 0.571. The summed E-state index contributed by atoms with van der Waals surface area (Å²) < 4.78 is 18.8. The van der Waals surface area contributed by atoms with Crippen molar-refractivity contribution in [1.29, 1.82) is 0 Å². The lowest BCUT2D eigenvalue weighted by molar-refractivity contribution is 0.00578. The Labute approximate surface area is 122 Å². The van der Waals surface area contributed by atoms with E-state index in [1.807, 2.05) is 0 Å². The molecule has 1 aromatic rings. The molecule has 19 heavy (non-hydrogen) atoms. The largest absolute Gasteiger partial charge is 0.495 e. The molecule has 3 rings (SSSR count). The van der Waals surface area contributed by atoms with Gasteiger partial charge in [0, 0.05) is 4.47 Å². The summed E-state index contributed by atoms with van der Waals surface area (Å²) in [5, 5.41) is 0. The molecule has 2 aliphatic heterocycles. The molecule has 5 heteroatoms. The lowest BCUT2D eigenvalue weighted by Gasteiger charge is -2.32. The quantitative estimate of drug-likeness (QED) is 0.743. The minimum Gasteiger partial charge on any atom is -0.399 e. The third kappa shape index (κ3) is 2.17. The molecule has 1 fully saturated rings. The van der Waals surface area contributed by atoms with Gasteiger partial charge in [0.25, 0.3) is 0 Å². The molecule has 0 aliphatic carbocycles. The summed E-state index contributed by atoms with van der Waals surface area (Å²) in [5.41, 5.74) is 2.89. The molecule has 3 nitrogen and oxygen atoms in total. The van der Waals surface area contributed by atoms with Crippen LogP contribution < -0.4 is 5.46 Å². The first kappa shape index (κ1) is 13.6. The van der Waals surface area contributed by atoms with Crippen molar-refractivity contribution in [2.45, 2.75) is 52.1 Å². The van der Waals surface area contributed by atoms with E-state index in [-0.39, 0.29) is 18.3 Å². The van der Waals surface area contributed by atoms with Gasteiger partial charge in [0.2, 0.25) is 0 Å². The van der Waals surface area contributed by atoms with Gasteiger partial charge in [-0.05, 0) is 56.4 Å². The number of hydrogen-bond donors (Lipinski definition) is 0. The van der Waals surface area contributed by atoms with Gasteiger partial charge < -0.3 is 14.0 Å². The molecule has 0 aromatic heterocycles. The molecule has 0 saturated carbocycles. The molecular weight excluding hydrogens is 307 g/mol. The molecule has 2 aliphatic rings. The number of hydrogen-bond acceptors (Lipinski definition) is 3. The fourth-order valence-corrected chi connectivity index (χ4v) is 2.99. The Bertz CT molecular complexity index is 512. The SMILES string of the molecule is CC1(C)OB(c2cc(Br)cc3c2COC3)OC1(C)C. The highest BCUT2D eigenvalue weighted by Gasteiger charge is 2.52. The van der Waals surface area contributed by atoms with Crippen LogP contribution in [0.3, 0.4) is 0 Å². The van der Waals surface area contributed by atoms with Crippen LogP contribution in [-0.2, 0) is 27.3 Å². The Kier molecular flexibility index (Phi) is 3.10. The van der Waals surface area contributed by atoms with Crippen molar-refractivity contribution in [3.8, 4) is 0 Å². The van der Waals surface area contributed by atoms with E-state index in [0.717, 1.165) is 9.94 Å². The maximum atomic E-state index is 6.13. The van der Waals surface area contributed by atoms with E-state index in [0.29, 0.717) is 13.2 Å². The summed E-state index contributed by atoms with van der Waals surface area (Å²) in [6, 6.07) is 4.19. The van der Waals surface area contributed by atoms with Gasteiger partial charge >= 0.3 is 7.12 Å². The Balaban J connectivity index is 2.01. The summed E-state index contributed by atoms with van der Waals surface area (Å²) in [6.07, 6.45) is 0. The Morgan fingerprint density at radius 1 is 1.05 bits per heavy atom. The summed E-state index contributed by atoms with van der Waals surface area (Å²) in [7, 11) is -0.321. The molecular formula is C14H18BBrO3. The van der Waals surface area contributed by atoms with Gasteiger partial charge in [0.1, 0.15) is 0 Å². The Hall–Kier alpha value is -0.355. The van der Waals surface area contributed by atoms with Gasteiger partial charge in [0.05, 0.1) is 24.4 Å². The summed E-state index contributed by atoms with van der Waals surface area (Å²) in [4.78, 5) is 0. The number of benzene rings is 1. The maximum Gasteiger partial charge on any atom is 0.495 e. The predicted octanol–water partition coefficient (Wildman–Crippen LogP) is 2.78. The smallest absolute Gasteiger partial charge is 0.399 e. The van der Waals surface area contributed by atoms with E-state index < -0.39 is 0 Å². The van der Waals surface area contributed by atoms with E-state index >= 15 is 0 Å². The van der Waals surface area contributed by atoms with Gasteiger partial charge in [0.15, 0.2) is 0 Å². The lowest BCUT2D eigenvalue weighted by Crippen LogP contribution is -2.41. The fourth-order valence-electron chi connectivity index (χ4n) is 2.46. The van der Waals surface area contributed by atoms with E-state index in [9.17, 15) is 0 Å². The van der Waals surface area contributed by atoms with Crippen molar-refractivity contribution in [2.24, 2.45) is 0 Å². The topological polar surface area (TPSA) is 27.7 Å². The third-order valence-electron chi connectivity index (χ3n) is 4.35. The minimum atomic E-state index is -0.321. The van der Waals surface area contributed by atoms with Crippen LogP contribution in [0.25, 0.3) is 0 Å². The normalized spacial score (nSPS) is 23.7. The monoisotopic (exact) mass is 324 g/mol. The third-order valence-corrected chi connectivity index (χ3v) is 4.81. The van der Waals surface area contributed by atoms with Gasteiger partial charge in [-0.3, -0.25) is 0 Å². The van der Waals surface area contributed by atoms with Crippen molar-refractivity contribution in [1.82, 2.24) is 0 Å². The zero-order chi connectivity index (χ0) is 13.8. The zero-order valence-electron chi connectivity index (χ0n) is 11.7. The predicted molar refractivity (Wildman–Crippen MR) is 78.4 cm³/mol. The average molecular weight is 325 g/mol. The number of rotatable bonds is 1. The molecule has 102 valence electrons. The Morgan fingerprint density at radius 2 is 1.68 bits per heavy atom. The van der Waals surface area contributed by atoms with E-state index in [1.54, 1.807) is 0 Å². The van der Waals surface area contributed by atoms with Crippen molar-refractivity contribution < 1.29 is 14.0 Å². The standard InChI is InChI=1S/C14H18BBrO3/c1-13(2)14(3,4)19-15(18-13)12-6-10(16)5-9-7-17-8-11(9)12/h5-6H,7-8H2,1-4H3. The average Bonchev–Trinajstić information content (AvgIpc) is 2.80. The zero-order valence-corrected chi connectivity index (χ0v) is 13.3. The van der Waals surface area contributed by atoms with Gasteiger partial charge in [-0.15, -0.1) is 0 Å². The van der Waals surface area contributed by atoms with Crippen LogP contribution in [0.15, 0.2) is 16.6 Å². The highest BCUT2D eigenvalue weighted by molar-refractivity contribution is 9.10. The molecule has 0 spiro atoms. The first-order valence-electron chi connectivity index (χ1n) is 6.55. The van der Waals surface area contributed by atoms with Crippen LogP contribution >= 0.6 is 15.9 Å². The molecule has 0 radical (unpaired) electrons. The second kappa shape index (κ2) is 4.32. The summed E-state index contributed by atoms with van der Waals surface area (Å²) in [5.74, 6) is 0. The lowest BCUT2D eigenvalue weighted by atomic mass is 9.75. The first-order valence-corrected chi connectivity index (χ1v) is 7.34. The molecule has 0 unspecified atom stereocenters. The van der Waals surface area contributed by atoms with E-state index in [4.69, 9.17) is 14.0 Å². The number of ether oxygens (including phenoxy) is 1. The first-order chi connectivity index (χ1) is 8.80. The molecule has 0 amide bonds. The van der Waals surface area contributed by atoms with Crippen LogP contribution in [0, 0.1) is 0 Å². The van der Waals surface area contributed by atoms with Crippen LogP contribution in [0.4, 0.5) is 0 Å². The molecule has 0 atom stereocenters. The Morgan fingerprint density at radius 3 is 2.32 bits per heavy atom. The van der Waals surface area contributed by atoms with E-state index in [2.05, 4.69) is 55.8 Å². The number of fused-ring (bicyclic) bond motifs is 1. The molecule has 2 heterocycles. The number of halogens is 1. The molecule has 1 aromatic carbocycles. The maximum absolute atomic E-state index is 6.13.